The molecule has 0 atom stereocenters. The van der Waals surface area contributed by atoms with Crippen molar-refractivity contribution in [2.24, 2.45) is 0 Å². The van der Waals surface area contributed by atoms with E-state index >= 15 is 0 Å². The number of aryl methyl sites for hydroxylation is 1. The Labute approximate surface area is 117 Å². The minimum atomic E-state index is 0.921. The first-order valence-electron chi connectivity index (χ1n) is 7.83. The van der Waals surface area contributed by atoms with Crippen molar-refractivity contribution in [3.8, 4) is 0 Å². The van der Waals surface area contributed by atoms with Crippen LogP contribution in [0, 0.1) is 0 Å². The summed E-state index contributed by atoms with van der Waals surface area (Å²) in [6, 6.07) is 0. The van der Waals surface area contributed by atoms with E-state index in [0.29, 0.717) is 0 Å². The molecule has 0 amide bonds. The van der Waals surface area contributed by atoms with Gasteiger partial charge < -0.3 is 10.2 Å². The molecular weight excluding hydrogens is 236 g/mol. The molecule has 1 aliphatic rings. The standard InChI is InChI=1S/C15H28N4/c1-3-19(4-2)11-7-10-16-12-15-13-8-5-6-9-14(13)17-18-15/h16H,3-12H2,1-2H3,(H,17,18). The van der Waals surface area contributed by atoms with Crippen LogP contribution in [0.15, 0.2) is 0 Å². The summed E-state index contributed by atoms with van der Waals surface area (Å²) in [5.41, 5.74) is 4.12. The monoisotopic (exact) mass is 264 g/mol. The van der Waals surface area contributed by atoms with Crippen molar-refractivity contribution < 1.29 is 0 Å². The quantitative estimate of drug-likeness (QED) is 0.707. The van der Waals surface area contributed by atoms with Gasteiger partial charge in [0.1, 0.15) is 0 Å². The van der Waals surface area contributed by atoms with Crippen molar-refractivity contribution in [1.82, 2.24) is 20.4 Å². The highest BCUT2D eigenvalue weighted by Crippen LogP contribution is 2.21. The van der Waals surface area contributed by atoms with Gasteiger partial charge in [0, 0.05) is 12.2 Å². The molecule has 0 bridgehead atoms. The van der Waals surface area contributed by atoms with Gasteiger partial charge >= 0.3 is 0 Å². The van der Waals surface area contributed by atoms with Crippen LogP contribution < -0.4 is 5.32 Å². The zero-order chi connectivity index (χ0) is 13.5. The third-order valence-electron chi connectivity index (χ3n) is 4.16. The summed E-state index contributed by atoms with van der Waals surface area (Å²) in [6.07, 6.45) is 6.24. The molecule has 4 heteroatoms. The smallest absolute Gasteiger partial charge is 0.0794 e. The van der Waals surface area contributed by atoms with E-state index in [1.165, 1.54) is 55.6 Å². The molecule has 1 aromatic rings. The molecule has 0 saturated heterocycles. The molecule has 1 aromatic heterocycles. The maximum absolute atomic E-state index is 4.46. The lowest BCUT2D eigenvalue weighted by Gasteiger charge is -2.17. The van der Waals surface area contributed by atoms with Crippen LogP contribution in [-0.2, 0) is 19.4 Å². The largest absolute Gasteiger partial charge is 0.311 e. The Morgan fingerprint density at radius 2 is 2.00 bits per heavy atom. The third-order valence-corrected chi connectivity index (χ3v) is 4.16. The summed E-state index contributed by atoms with van der Waals surface area (Å²) >= 11 is 0. The maximum Gasteiger partial charge on any atom is 0.0794 e. The van der Waals surface area contributed by atoms with Crippen LogP contribution in [-0.4, -0.2) is 41.3 Å². The second-order valence-electron chi connectivity index (χ2n) is 5.39. The highest BCUT2D eigenvalue weighted by Gasteiger charge is 2.15. The number of fused-ring (bicyclic) bond motifs is 1. The molecule has 0 aromatic carbocycles. The molecule has 4 nitrogen and oxygen atoms in total. The molecule has 1 heterocycles. The van der Waals surface area contributed by atoms with E-state index in [4.69, 9.17) is 0 Å². The lowest BCUT2D eigenvalue weighted by atomic mass is 9.96. The van der Waals surface area contributed by atoms with Crippen LogP contribution >= 0.6 is 0 Å². The molecule has 0 radical (unpaired) electrons. The van der Waals surface area contributed by atoms with Crippen LogP contribution in [0.2, 0.25) is 0 Å². The Hall–Kier alpha value is -0.870. The Morgan fingerprint density at radius 3 is 2.79 bits per heavy atom. The number of hydrogen-bond acceptors (Lipinski definition) is 3. The molecule has 0 unspecified atom stereocenters. The Balaban J connectivity index is 1.67. The van der Waals surface area contributed by atoms with Crippen LogP contribution in [0.5, 0.6) is 0 Å². The lowest BCUT2D eigenvalue weighted by molar-refractivity contribution is 0.298. The van der Waals surface area contributed by atoms with Gasteiger partial charge in [-0.3, -0.25) is 5.10 Å². The average molecular weight is 264 g/mol. The first-order chi connectivity index (χ1) is 9.35. The summed E-state index contributed by atoms with van der Waals surface area (Å²) in [4.78, 5) is 2.47. The molecular formula is C15H28N4. The molecule has 19 heavy (non-hydrogen) atoms. The molecule has 2 N–H and O–H groups in total. The fraction of sp³-hybridized carbons (Fsp3) is 0.800. The van der Waals surface area contributed by atoms with Crippen molar-refractivity contribution in [3.05, 3.63) is 17.0 Å². The van der Waals surface area contributed by atoms with E-state index in [0.717, 1.165) is 26.2 Å². The summed E-state index contributed by atoms with van der Waals surface area (Å²) in [5.74, 6) is 0. The summed E-state index contributed by atoms with van der Waals surface area (Å²) in [6.45, 7) is 9.97. The molecule has 0 fully saturated rings. The van der Waals surface area contributed by atoms with E-state index in [2.05, 4.69) is 34.3 Å². The van der Waals surface area contributed by atoms with Gasteiger partial charge in [-0.15, -0.1) is 0 Å². The fourth-order valence-corrected chi connectivity index (χ4v) is 2.87. The Morgan fingerprint density at radius 1 is 1.21 bits per heavy atom. The van der Waals surface area contributed by atoms with Gasteiger partial charge in [-0.1, -0.05) is 13.8 Å². The molecule has 108 valence electrons. The third kappa shape index (κ3) is 4.05. The zero-order valence-corrected chi connectivity index (χ0v) is 12.5. The number of nitrogens with zero attached hydrogens (tertiary/aromatic N) is 2. The molecule has 0 spiro atoms. The highest BCUT2D eigenvalue weighted by molar-refractivity contribution is 5.27. The zero-order valence-electron chi connectivity index (χ0n) is 12.5. The number of nitrogens with one attached hydrogen (secondary N) is 2. The molecule has 2 rings (SSSR count). The lowest BCUT2D eigenvalue weighted by Crippen LogP contribution is -2.27. The topological polar surface area (TPSA) is 44.0 Å². The second kappa shape index (κ2) is 7.65. The number of aromatic amines is 1. The van der Waals surface area contributed by atoms with Crippen molar-refractivity contribution in [1.29, 1.82) is 0 Å². The van der Waals surface area contributed by atoms with E-state index < -0.39 is 0 Å². The van der Waals surface area contributed by atoms with E-state index in [1.807, 2.05) is 0 Å². The minimum Gasteiger partial charge on any atom is -0.311 e. The fourth-order valence-electron chi connectivity index (χ4n) is 2.87. The molecule has 1 aliphatic carbocycles. The highest BCUT2D eigenvalue weighted by atomic mass is 15.1. The van der Waals surface area contributed by atoms with Crippen LogP contribution in [0.25, 0.3) is 0 Å². The summed E-state index contributed by atoms with van der Waals surface area (Å²) in [5, 5.41) is 11.2. The Bertz CT molecular complexity index is 368. The predicted molar refractivity (Wildman–Crippen MR) is 79.3 cm³/mol. The number of hydrogen-bond donors (Lipinski definition) is 2. The first kappa shape index (κ1) is 14.5. The molecule has 0 aliphatic heterocycles. The van der Waals surface area contributed by atoms with Gasteiger partial charge in [-0.2, -0.15) is 5.10 Å². The molecule has 0 saturated carbocycles. The number of aromatic nitrogens is 2. The van der Waals surface area contributed by atoms with Crippen molar-refractivity contribution in [2.45, 2.75) is 52.5 Å². The van der Waals surface area contributed by atoms with E-state index in [9.17, 15) is 0 Å². The first-order valence-corrected chi connectivity index (χ1v) is 7.83. The van der Waals surface area contributed by atoms with Crippen molar-refractivity contribution >= 4 is 0 Å². The Kier molecular flexibility index (Phi) is 5.86. The van der Waals surface area contributed by atoms with Crippen LogP contribution in [0.1, 0.15) is 50.1 Å². The van der Waals surface area contributed by atoms with Gasteiger partial charge in [0.05, 0.1) is 5.69 Å². The van der Waals surface area contributed by atoms with Gasteiger partial charge in [0.2, 0.25) is 0 Å². The van der Waals surface area contributed by atoms with Gasteiger partial charge in [-0.05, 0) is 63.8 Å². The van der Waals surface area contributed by atoms with Gasteiger partial charge in [0.25, 0.3) is 0 Å². The van der Waals surface area contributed by atoms with Crippen LogP contribution in [0.3, 0.4) is 0 Å². The van der Waals surface area contributed by atoms with Crippen molar-refractivity contribution in [2.75, 3.05) is 26.2 Å². The number of rotatable bonds is 8. The summed E-state index contributed by atoms with van der Waals surface area (Å²) in [7, 11) is 0. The second-order valence-corrected chi connectivity index (χ2v) is 5.39. The van der Waals surface area contributed by atoms with E-state index in [1.54, 1.807) is 0 Å². The van der Waals surface area contributed by atoms with Gasteiger partial charge in [0.15, 0.2) is 0 Å². The number of H-pyrrole nitrogens is 1. The predicted octanol–water partition coefficient (Wildman–Crippen LogP) is 2.11. The normalized spacial score (nSPS) is 14.9. The van der Waals surface area contributed by atoms with Crippen molar-refractivity contribution in [3.63, 3.8) is 0 Å². The maximum atomic E-state index is 4.46. The SMILES string of the molecule is CCN(CC)CCCNCc1n[nH]c2c1CCCC2. The minimum absolute atomic E-state index is 0.921. The van der Waals surface area contributed by atoms with Gasteiger partial charge in [-0.25, -0.2) is 0 Å². The van der Waals surface area contributed by atoms with E-state index in [-0.39, 0.29) is 0 Å². The average Bonchev–Trinajstić information content (AvgIpc) is 2.86. The summed E-state index contributed by atoms with van der Waals surface area (Å²) < 4.78 is 0. The van der Waals surface area contributed by atoms with Crippen LogP contribution in [0.4, 0.5) is 0 Å².